The van der Waals surface area contributed by atoms with Gasteiger partial charge >= 0.3 is 6.55 Å². The molecule has 0 fully saturated rings. The molecule has 0 bridgehead atoms. The largest absolute Gasteiger partial charge is 0.390 e. The van der Waals surface area contributed by atoms with Crippen LogP contribution in [0.25, 0.3) is 39.2 Å². The van der Waals surface area contributed by atoms with Crippen molar-refractivity contribution < 1.29 is 13.9 Å². The number of rotatable bonds is 6. The van der Waals surface area contributed by atoms with Crippen LogP contribution in [0.5, 0.6) is 0 Å². The summed E-state index contributed by atoms with van der Waals surface area (Å²) in [4.78, 5) is 9.11. The van der Waals surface area contributed by atoms with Crippen molar-refractivity contribution in [3.8, 4) is 28.3 Å². The Hall–Kier alpha value is -4.02. The summed E-state index contributed by atoms with van der Waals surface area (Å²) >= 11 is 0. The minimum atomic E-state index is -2.80. The van der Waals surface area contributed by atoms with E-state index in [4.69, 9.17) is 5.73 Å². The summed E-state index contributed by atoms with van der Waals surface area (Å²) in [5.74, 6) is 0.490. The van der Waals surface area contributed by atoms with E-state index in [0.717, 1.165) is 0 Å². The molecule has 172 valence electrons. The molecule has 5 aromatic rings. The number of aromatic nitrogens is 6. The second kappa shape index (κ2) is 8.73. The van der Waals surface area contributed by atoms with Crippen LogP contribution in [0.2, 0.25) is 0 Å². The molecule has 3 N–H and O–H groups in total. The molecule has 1 atom stereocenters. The zero-order chi connectivity index (χ0) is 23.8. The molecule has 0 aliphatic rings. The first-order chi connectivity index (χ1) is 16.5. The van der Waals surface area contributed by atoms with Crippen molar-refractivity contribution >= 4 is 10.9 Å². The zero-order valence-electron chi connectivity index (χ0n) is 18.2. The fraction of sp³-hybridized carbons (Fsp3) is 0.167. The van der Waals surface area contributed by atoms with Crippen LogP contribution in [0.3, 0.4) is 0 Å². The highest BCUT2D eigenvalue weighted by molar-refractivity contribution is 5.98. The summed E-state index contributed by atoms with van der Waals surface area (Å²) < 4.78 is 29.7. The smallest absolute Gasteiger partial charge is 0.333 e. The lowest BCUT2D eigenvalue weighted by atomic mass is 10.0. The van der Waals surface area contributed by atoms with Crippen LogP contribution >= 0.6 is 0 Å². The minimum Gasteiger partial charge on any atom is -0.390 e. The van der Waals surface area contributed by atoms with Gasteiger partial charge in [-0.1, -0.05) is 12.1 Å². The van der Waals surface area contributed by atoms with Crippen molar-refractivity contribution in [3.63, 3.8) is 0 Å². The number of hydrogen-bond acceptors (Lipinski definition) is 6. The first-order valence-corrected chi connectivity index (χ1v) is 10.6. The van der Waals surface area contributed by atoms with Crippen LogP contribution in [-0.4, -0.2) is 34.6 Å². The molecule has 8 nitrogen and oxygen atoms in total. The highest BCUT2D eigenvalue weighted by Gasteiger charge is 2.20. The molecule has 4 heterocycles. The predicted octanol–water partition coefficient (Wildman–Crippen LogP) is 4.25. The highest BCUT2D eigenvalue weighted by Crippen LogP contribution is 2.35. The second-order valence-electron chi connectivity index (χ2n) is 7.83. The summed E-state index contributed by atoms with van der Waals surface area (Å²) in [5, 5.41) is 18.4. The van der Waals surface area contributed by atoms with Crippen LogP contribution in [0.15, 0.2) is 67.0 Å². The van der Waals surface area contributed by atoms with E-state index in [1.54, 1.807) is 41.2 Å². The van der Waals surface area contributed by atoms with Gasteiger partial charge in [0.25, 0.3) is 0 Å². The first kappa shape index (κ1) is 21.8. The molecule has 10 heteroatoms. The summed E-state index contributed by atoms with van der Waals surface area (Å²) in [7, 11) is 0. The Morgan fingerprint density at radius 2 is 1.85 bits per heavy atom. The van der Waals surface area contributed by atoms with Gasteiger partial charge in [0.1, 0.15) is 0 Å². The number of aliphatic hydroxyl groups excluding tert-OH is 1. The molecule has 4 aromatic heterocycles. The van der Waals surface area contributed by atoms with Gasteiger partial charge in [0, 0.05) is 28.8 Å². The maximum absolute atomic E-state index is 13.7. The predicted molar refractivity (Wildman–Crippen MR) is 123 cm³/mol. The average molecular weight is 461 g/mol. The van der Waals surface area contributed by atoms with Gasteiger partial charge < -0.3 is 10.8 Å². The summed E-state index contributed by atoms with van der Waals surface area (Å²) in [6, 6.07) is 15.7. The van der Waals surface area contributed by atoms with Crippen LogP contribution in [0.4, 0.5) is 8.78 Å². The number of fused-ring (bicyclic) bond motifs is 1. The molecule has 0 amide bonds. The molecule has 1 aromatic carbocycles. The van der Waals surface area contributed by atoms with Gasteiger partial charge in [-0.05, 0) is 49.4 Å². The Balaban J connectivity index is 1.79. The molecular formula is C24H21F2N7O. The van der Waals surface area contributed by atoms with Crippen LogP contribution in [0, 0.1) is 0 Å². The molecule has 0 saturated heterocycles. The Morgan fingerprint density at radius 1 is 1.03 bits per heavy atom. The summed E-state index contributed by atoms with van der Waals surface area (Å²) in [5.41, 5.74) is 9.99. The van der Waals surface area contributed by atoms with E-state index in [0.29, 0.717) is 49.6 Å². The van der Waals surface area contributed by atoms with Crippen LogP contribution < -0.4 is 5.73 Å². The van der Waals surface area contributed by atoms with Gasteiger partial charge in [-0.25, -0.2) is 14.3 Å². The summed E-state index contributed by atoms with van der Waals surface area (Å²) in [6.07, 6.45) is 2.95. The number of hydrogen-bond donors (Lipinski definition) is 2. The molecule has 0 aliphatic heterocycles. The molecule has 1 unspecified atom stereocenters. The molecule has 0 aliphatic carbocycles. The standard InChI is InChI=1S/C24H21F2N7O/c1-14(27)19-5-3-6-20(31-19)15-10-17(21-8-9-28-33(21)24(25)26)18-12-29-32(22(18)11-15)23-7-2-4-16(13-34)30-23/h2-12,14,24,34H,13,27H2,1H3. The van der Waals surface area contributed by atoms with E-state index in [2.05, 4.69) is 20.2 Å². The van der Waals surface area contributed by atoms with Gasteiger partial charge in [-0.3, -0.25) is 4.98 Å². The third kappa shape index (κ3) is 3.82. The van der Waals surface area contributed by atoms with E-state index in [1.807, 2.05) is 31.2 Å². The number of aliphatic hydroxyl groups is 1. The summed E-state index contributed by atoms with van der Waals surface area (Å²) in [6.45, 7) is -1.18. The number of nitrogens with zero attached hydrogens (tertiary/aromatic N) is 6. The lowest BCUT2D eigenvalue weighted by Crippen LogP contribution is -2.07. The maximum Gasteiger partial charge on any atom is 0.333 e. The van der Waals surface area contributed by atoms with E-state index in [1.165, 1.54) is 6.20 Å². The van der Waals surface area contributed by atoms with E-state index < -0.39 is 6.55 Å². The third-order valence-corrected chi connectivity index (χ3v) is 5.52. The van der Waals surface area contributed by atoms with Crippen molar-refractivity contribution in [3.05, 3.63) is 78.4 Å². The quantitative estimate of drug-likeness (QED) is 0.391. The van der Waals surface area contributed by atoms with Gasteiger partial charge in [-0.2, -0.15) is 19.0 Å². The van der Waals surface area contributed by atoms with Gasteiger partial charge in [-0.15, -0.1) is 0 Å². The second-order valence-corrected chi connectivity index (χ2v) is 7.83. The fourth-order valence-corrected chi connectivity index (χ4v) is 3.89. The molecular weight excluding hydrogens is 440 g/mol. The minimum absolute atomic E-state index is 0.217. The Labute approximate surface area is 193 Å². The van der Waals surface area contributed by atoms with Crippen LogP contribution in [0.1, 0.15) is 30.9 Å². The first-order valence-electron chi connectivity index (χ1n) is 10.6. The number of halogens is 2. The highest BCUT2D eigenvalue weighted by atomic mass is 19.3. The number of benzene rings is 1. The van der Waals surface area contributed by atoms with E-state index in [-0.39, 0.29) is 18.3 Å². The number of alkyl halides is 2. The third-order valence-electron chi connectivity index (χ3n) is 5.52. The van der Waals surface area contributed by atoms with Gasteiger partial charge in [0.2, 0.25) is 0 Å². The van der Waals surface area contributed by atoms with Crippen molar-refractivity contribution in [1.29, 1.82) is 0 Å². The zero-order valence-corrected chi connectivity index (χ0v) is 18.2. The Kier molecular flexibility index (Phi) is 5.60. The molecule has 5 rings (SSSR count). The topological polar surface area (TPSA) is 108 Å². The average Bonchev–Trinajstić information content (AvgIpc) is 3.51. The molecule has 34 heavy (non-hydrogen) atoms. The van der Waals surface area contributed by atoms with E-state index in [9.17, 15) is 13.9 Å². The van der Waals surface area contributed by atoms with Gasteiger partial charge in [0.15, 0.2) is 5.82 Å². The normalized spacial score (nSPS) is 12.5. The van der Waals surface area contributed by atoms with E-state index >= 15 is 0 Å². The van der Waals surface area contributed by atoms with Crippen molar-refractivity contribution in [1.82, 2.24) is 29.5 Å². The monoisotopic (exact) mass is 461 g/mol. The Morgan fingerprint density at radius 3 is 2.62 bits per heavy atom. The maximum atomic E-state index is 13.7. The van der Waals surface area contributed by atoms with Crippen LogP contribution in [-0.2, 0) is 6.61 Å². The molecule has 0 spiro atoms. The lowest BCUT2D eigenvalue weighted by molar-refractivity contribution is 0.0585. The fourth-order valence-electron chi connectivity index (χ4n) is 3.89. The lowest BCUT2D eigenvalue weighted by Gasteiger charge is -2.12. The molecule has 0 saturated carbocycles. The Bertz CT molecular complexity index is 1480. The van der Waals surface area contributed by atoms with Crippen molar-refractivity contribution in [2.75, 3.05) is 0 Å². The molecule has 0 radical (unpaired) electrons. The number of pyridine rings is 2. The van der Waals surface area contributed by atoms with Crippen molar-refractivity contribution in [2.24, 2.45) is 5.73 Å². The SMILES string of the molecule is CC(N)c1cccc(-c2cc(-c3ccnn3C(F)F)c3cnn(-c4cccc(CO)n4)c3c2)n1. The van der Waals surface area contributed by atoms with Gasteiger partial charge in [0.05, 0.1) is 41.1 Å². The van der Waals surface area contributed by atoms with Crippen molar-refractivity contribution in [2.45, 2.75) is 26.1 Å². The number of nitrogens with two attached hydrogens (primary N) is 1.